The number of carbonyl (C=O) groups is 1. The van der Waals surface area contributed by atoms with Crippen molar-refractivity contribution in [2.75, 3.05) is 6.61 Å². The van der Waals surface area contributed by atoms with Crippen LogP contribution in [0.25, 0.3) is 0 Å². The van der Waals surface area contributed by atoms with E-state index in [1.807, 2.05) is 30.3 Å². The molecule has 0 saturated carbocycles. The maximum Gasteiger partial charge on any atom is 0.251 e. The summed E-state index contributed by atoms with van der Waals surface area (Å²) in [5.41, 5.74) is 5.82. The topological polar surface area (TPSA) is 71.1 Å². The van der Waals surface area contributed by atoms with Crippen LogP contribution in [0.5, 0.6) is 5.75 Å². The fourth-order valence-electron chi connectivity index (χ4n) is 5.08. The van der Waals surface area contributed by atoms with Crippen molar-refractivity contribution in [3.63, 3.8) is 0 Å². The Labute approximate surface area is 200 Å². The number of ether oxygens (including phenoxy) is 2. The number of carbonyl (C=O) groups excluding carboxylic acids is 1. The first-order valence-electron chi connectivity index (χ1n) is 12.0. The van der Waals surface area contributed by atoms with Crippen molar-refractivity contribution in [2.24, 2.45) is 0 Å². The first-order chi connectivity index (χ1) is 16.5. The van der Waals surface area contributed by atoms with E-state index in [1.165, 1.54) is 22.3 Å². The molecule has 1 aliphatic carbocycles. The van der Waals surface area contributed by atoms with Gasteiger partial charge < -0.3 is 19.9 Å². The van der Waals surface area contributed by atoms with Crippen LogP contribution in [0.2, 0.25) is 0 Å². The summed E-state index contributed by atoms with van der Waals surface area (Å²) < 4.78 is 11.6. The van der Waals surface area contributed by atoms with Gasteiger partial charge in [-0.2, -0.15) is 0 Å². The van der Waals surface area contributed by atoms with Gasteiger partial charge >= 0.3 is 0 Å². The standard InChI is InChI=1S/C29H31NO4/c1-3-21-11-12-22(16-25(21)33-14-13-20-8-6-7-19(2)15-20)27(31)30-29(26-28(32)34-26)17-23-9-4-5-10-24(23)18-29/h4-12,15-16,26,28,32H,3,13-14,17-18H2,1-2H3,(H,30,31). The van der Waals surface area contributed by atoms with E-state index in [4.69, 9.17) is 9.47 Å². The average Bonchev–Trinajstić information content (AvgIpc) is 3.46. The molecule has 3 aromatic rings. The predicted octanol–water partition coefficient (Wildman–Crippen LogP) is 4.16. The van der Waals surface area contributed by atoms with Crippen LogP contribution in [0.3, 0.4) is 0 Å². The van der Waals surface area contributed by atoms with Crippen molar-refractivity contribution in [1.29, 1.82) is 0 Å². The molecule has 0 spiro atoms. The van der Waals surface area contributed by atoms with E-state index in [-0.39, 0.29) is 5.91 Å². The minimum Gasteiger partial charge on any atom is -0.493 e. The number of aliphatic hydroxyl groups is 1. The molecule has 5 rings (SSSR count). The molecule has 1 amide bonds. The first-order valence-corrected chi connectivity index (χ1v) is 12.0. The van der Waals surface area contributed by atoms with Crippen LogP contribution in [0.1, 0.15) is 45.1 Å². The summed E-state index contributed by atoms with van der Waals surface area (Å²) in [6.45, 7) is 4.71. The molecule has 1 aliphatic heterocycles. The maximum absolute atomic E-state index is 13.4. The molecule has 176 valence electrons. The van der Waals surface area contributed by atoms with Gasteiger partial charge in [-0.25, -0.2) is 0 Å². The molecule has 34 heavy (non-hydrogen) atoms. The van der Waals surface area contributed by atoms with Crippen LogP contribution in [-0.4, -0.2) is 35.6 Å². The fourth-order valence-corrected chi connectivity index (χ4v) is 5.08. The number of fused-ring (bicyclic) bond motifs is 1. The molecule has 1 fully saturated rings. The predicted molar refractivity (Wildman–Crippen MR) is 131 cm³/mol. The highest BCUT2D eigenvalue weighted by Gasteiger charge is 2.57. The summed E-state index contributed by atoms with van der Waals surface area (Å²) in [7, 11) is 0. The molecule has 3 aromatic carbocycles. The molecule has 5 nitrogen and oxygen atoms in total. The number of hydrogen-bond donors (Lipinski definition) is 2. The van der Waals surface area contributed by atoms with E-state index in [0.29, 0.717) is 25.0 Å². The van der Waals surface area contributed by atoms with Crippen LogP contribution in [0, 0.1) is 6.92 Å². The molecule has 1 saturated heterocycles. The van der Waals surface area contributed by atoms with Gasteiger partial charge in [0, 0.05) is 12.0 Å². The summed E-state index contributed by atoms with van der Waals surface area (Å²) in [6, 6.07) is 22.2. The van der Waals surface area contributed by atoms with Gasteiger partial charge in [-0.1, -0.05) is 67.1 Å². The van der Waals surface area contributed by atoms with Crippen LogP contribution in [0.15, 0.2) is 66.7 Å². The van der Waals surface area contributed by atoms with Crippen molar-refractivity contribution < 1.29 is 19.4 Å². The number of nitrogens with one attached hydrogen (secondary N) is 1. The van der Waals surface area contributed by atoms with Crippen molar-refractivity contribution in [2.45, 2.75) is 57.5 Å². The SMILES string of the molecule is CCc1ccc(C(=O)NC2(C3OC3O)Cc3ccccc3C2)cc1OCCc1cccc(C)c1. The Morgan fingerprint density at radius 2 is 1.82 bits per heavy atom. The summed E-state index contributed by atoms with van der Waals surface area (Å²) in [5, 5.41) is 13.3. The van der Waals surface area contributed by atoms with Crippen LogP contribution < -0.4 is 10.1 Å². The van der Waals surface area contributed by atoms with Gasteiger partial charge in [0.05, 0.1) is 12.1 Å². The van der Waals surface area contributed by atoms with Gasteiger partial charge in [-0.05, 0) is 60.6 Å². The zero-order valence-corrected chi connectivity index (χ0v) is 19.7. The molecule has 2 N–H and O–H groups in total. The Balaban J connectivity index is 1.31. The van der Waals surface area contributed by atoms with Crippen LogP contribution in [0.4, 0.5) is 0 Å². The highest BCUT2D eigenvalue weighted by atomic mass is 16.7. The highest BCUT2D eigenvalue weighted by molar-refractivity contribution is 5.95. The van der Waals surface area contributed by atoms with E-state index < -0.39 is 17.9 Å². The minimum absolute atomic E-state index is 0.179. The third-order valence-corrected chi connectivity index (χ3v) is 6.95. The second kappa shape index (κ2) is 9.24. The van der Waals surface area contributed by atoms with Crippen molar-refractivity contribution in [1.82, 2.24) is 5.32 Å². The van der Waals surface area contributed by atoms with Gasteiger partial charge in [-0.15, -0.1) is 0 Å². The summed E-state index contributed by atoms with van der Waals surface area (Å²) in [5.74, 6) is 0.566. The zero-order chi connectivity index (χ0) is 23.7. The second-order valence-electron chi connectivity index (χ2n) is 9.44. The maximum atomic E-state index is 13.4. The smallest absolute Gasteiger partial charge is 0.251 e. The molecule has 5 heteroatoms. The molecule has 2 unspecified atom stereocenters. The van der Waals surface area contributed by atoms with E-state index in [0.717, 1.165) is 24.2 Å². The van der Waals surface area contributed by atoms with Gasteiger partial charge in [0.2, 0.25) is 0 Å². The molecule has 2 aliphatic rings. The zero-order valence-electron chi connectivity index (χ0n) is 19.7. The third-order valence-electron chi connectivity index (χ3n) is 6.95. The van der Waals surface area contributed by atoms with E-state index in [2.05, 4.69) is 55.6 Å². The average molecular weight is 458 g/mol. The lowest BCUT2D eigenvalue weighted by molar-refractivity contribution is 0.0880. The Hall–Kier alpha value is -3.15. The monoisotopic (exact) mass is 457 g/mol. The number of benzene rings is 3. The molecule has 2 atom stereocenters. The minimum atomic E-state index is -0.836. The molecular formula is C29H31NO4. The largest absolute Gasteiger partial charge is 0.493 e. The second-order valence-corrected chi connectivity index (χ2v) is 9.44. The highest BCUT2D eigenvalue weighted by Crippen LogP contribution is 2.41. The van der Waals surface area contributed by atoms with E-state index in [1.54, 1.807) is 0 Å². The van der Waals surface area contributed by atoms with Crippen molar-refractivity contribution in [3.05, 3.63) is 100 Å². The number of rotatable bonds is 8. The Morgan fingerprint density at radius 1 is 1.09 bits per heavy atom. The summed E-state index contributed by atoms with van der Waals surface area (Å²) in [6.07, 6.45) is 1.68. The van der Waals surface area contributed by atoms with Crippen molar-refractivity contribution >= 4 is 5.91 Å². The Morgan fingerprint density at radius 3 is 2.47 bits per heavy atom. The summed E-state index contributed by atoms with van der Waals surface area (Å²) >= 11 is 0. The summed E-state index contributed by atoms with van der Waals surface area (Å²) in [4.78, 5) is 13.4. The number of amides is 1. The molecule has 0 radical (unpaired) electrons. The molecule has 0 aromatic heterocycles. The number of hydrogen-bond acceptors (Lipinski definition) is 4. The fraction of sp³-hybridized carbons (Fsp3) is 0.345. The molecule has 0 bridgehead atoms. The van der Waals surface area contributed by atoms with Gasteiger partial charge in [0.1, 0.15) is 11.9 Å². The van der Waals surface area contributed by atoms with E-state index >= 15 is 0 Å². The van der Waals surface area contributed by atoms with Crippen LogP contribution in [-0.2, 0) is 30.4 Å². The normalized spacial score (nSPS) is 20.0. The quantitative estimate of drug-likeness (QED) is 0.498. The van der Waals surface area contributed by atoms with Gasteiger partial charge in [0.25, 0.3) is 5.91 Å². The lowest BCUT2D eigenvalue weighted by Gasteiger charge is -2.29. The van der Waals surface area contributed by atoms with Crippen LogP contribution >= 0.6 is 0 Å². The van der Waals surface area contributed by atoms with Crippen molar-refractivity contribution in [3.8, 4) is 5.75 Å². The lowest BCUT2D eigenvalue weighted by atomic mass is 9.90. The number of aliphatic hydroxyl groups excluding tert-OH is 1. The third kappa shape index (κ3) is 4.59. The van der Waals surface area contributed by atoms with Gasteiger partial charge in [-0.3, -0.25) is 4.79 Å². The number of aryl methyl sites for hydroxylation is 2. The molecular weight excluding hydrogens is 426 g/mol. The molecule has 1 heterocycles. The number of epoxide rings is 1. The first kappa shape index (κ1) is 22.6. The van der Waals surface area contributed by atoms with E-state index in [9.17, 15) is 9.90 Å². The Kier molecular flexibility index (Phi) is 6.15. The lowest BCUT2D eigenvalue weighted by Crippen LogP contribution is -2.54. The Bertz CT molecular complexity index is 1180. The van der Waals surface area contributed by atoms with Gasteiger partial charge in [0.15, 0.2) is 6.29 Å².